The number of anilines is 2. The van der Waals surface area contributed by atoms with E-state index in [-0.39, 0.29) is 28.8 Å². The Labute approximate surface area is 119 Å². The number of nitrogens with zero attached hydrogens (tertiary/aromatic N) is 5. The molecule has 0 aliphatic carbocycles. The Kier molecular flexibility index (Phi) is 3.90. The number of rotatable bonds is 4. The number of hydrogen-bond acceptors (Lipinski definition) is 8. The molecule has 0 radical (unpaired) electrons. The Bertz CT molecular complexity index is 740. The van der Waals surface area contributed by atoms with E-state index in [1.54, 1.807) is 6.92 Å². The lowest BCUT2D eigenvalue weighted by Crippen LogP contribution is -2.04. The van der Waals surface area contributed by atoms with Crippen LogP contribution in [0.5, 0.6) is 5.75 Å². The molecule has 2 aromatic heterocycles. The summed E-state index contributed by atoms with van der Waals surface area (Å²) in [4.78, 5) is 22.1. The fourth-order valence-electron chi connectivity index (χ4n) is 1.62. The van der Waals surface area contributed by atoms with Crippen LogP contribution in [0.25, 0.3) is 0 Å². The molecule has 0 aliphatic heterocycles. The maximum atomic E-state index is 11.0. The molecule has 9 nitrogen and oxygen atoms in total. The summed E-state index contributed by atoms with van der Waals surface area (Å²) in [7, 11) is 1.39. The molecule has 2 aromatic rings. The zero-order valence-electron chi connectivity index (χ0n) is 11.2. The first-order chi connectivity index (χ1) is 10.1. The molecule has 2 heterocycles. The predicted molar refractivity (Wildman–Crippen MR) is 72.2 cm³/mol. The highest BCUT2D eigenvalue weighted by Gasteiger charge is 2.18. The van der Waals surface area contributed by atoms with Gasteiger partial charge in [0.2, 0.25) is 5.95 Å². The molecule has 0 aromatic carbocycles. The highest BCUT2D eigenvalue weighted by Crippen LogP contribution is 2.29. The molecule has 1 N–H and O–H groups in total. The van der Waals surface area contributed by atoms with Crippen LogP contribution in [0, 0.1) is 28.4 Å². The van der Waals surface area contributed by atoms with Crippen LogP contribution >= 0.6 is 0 Å². The monoisotopic (exact) mass is 286 g/mol. The first-order valence-corrected chi connectivity index (χ1v) is 5.74. The molecular formula is C12H10N6O3. The minimum absolute atomic E-state index is 0.0318. The summed E-state index contributed by atoms with van der Waals surface area (Å²) in [5.74, 6) is 0.286. The van der Waals surface area contributed by atoms with Crippen molar-refractivity contribution in [1.82, 2.24) is 15.0 Å². The number of hydrogen-bond donors (Lipinski definition) is 1. The standard InChI is InChI=1S/C12H10N6O3/c1-7-4-14-5-9(18(19)20)11(7)17-12-15-6-10(21-2)8(3-13)16-12/h4-6H,1-2H3,(H,14,15,16,17). The summed E-state index contributed by atoms with van der Waals surface area (Å²) in [5, 5.41) is 22.7. The van der Waals surface area contributed by atoms with Crippen molar-refractivity contribution >= 4 is 17.3 Å². The van der Waals surface area contributed by atoms with Crippen LogP contribution in [-0.2, 0) is 0 Å². The second kappa shape index (κ2) is 5.79. The maximum absolute atomic E-state index is 11.0. The highest BCUT2D eigenvalue weighted by molar-refractivity contribution is 5.69. The lowest BCUT2D eigenvalue weighted by molar-refractivity contribution is -0.384. The van der Waals surface area contributed by atoms with Gasteiger partial charge in [0.25, 0.3) is 0 Å². The fourth-order valence-corrected chi connectivity index (χ4v) is 1.62. The van der Waals surface area contributed by atoms with E-state index in [0.717, 1.165) is 6.20 Å². The SMILES string of the molecule is COc1cnc(Nc2c(C)cncc2[N+](=O)[O-])nc1C#N. The van der Waals surface area contributed by atoms with E-state index >= 15 is 0 Å². The minimum Gasteiger partial charge on any atom is -0.492 e. The number of methoxy groups -OCH3 is 1. The lowest BCUT2D eigenvalue weighted by atomic mass is 10.2. The normalized spacial score (nSPS) is 9.76. The molecule has 0 unspecified atom stereocenters. The zero-order chi connectivity index (χ0) is 15.4. The molecule has 21 heavy (non-hydrogen) atoms. The molecule has 0 spiro atoms. The summed E-state index contributed by atoms with van der Waals surface area (Å²) in [6.45, 7) is 1.66. The van der Waals surface area contributed by atoms with E-state index in [2.05, 4.69) is 20.3 Å². The van der Waals surface area contributed by atoms with E-state index < -0.39 is 4.92 Å². The van der Waals surface area contributed by atoms with E-state index in [9.17, 15) is 10.1 Å². The lowest BCUT2D eigenvalue weighted by Gasteiger charge is -2.09. The third kappa shape index (κ3) is 2.84. The van der Waals surface area contributed by atoms with Crippen molar-refractivity contribution in [2.24, 2.45) is 0 Å². The predicted octanol–water partition coefficient (Wildman–Crippen LogP) is 1.71. The molecular weight excluding hydrogens is 276 g/mol. The number of aromatic nitrogens is 3. The number of nitriles is 1. The van der Waals surface area contributed by atoms with Crippen molar-refractivity contribution in [2.45, 2.75) is 6.92 Å². The number of nitro groups is 1. The molecule has 9 heteroatoms. The summed E-state index contributed by atoms with van der Waals surface area (Å²) in [6.07, 6.45) is 3.92. The van der Waals surface area contributed by atoms with E-state index in [1.165, 1.54) is 19.5 Å². The Hall–Kier alpha value is -3.28. The van der Waals surface area contributed by atoms with Crippen molar-refractivity contribution in [3.63, 3.8) is 0 Å². The zero-order valence-corrected chi connectivity index (χ0v) is 11.2. The molecule has 0 saturated carbocycles. The molecule has 0 amide bonds. The Morgan fingerprint density at radius 1 is 1.43 bits per heavy atom. The quantitative estimate of drug-likeness (QED) is 0.664. The molecule has 2 rings (SSSR count). The number of ether oxygens (including phenoxy) is 1. The van der Waals surface area contributed by atoms with Crippen LogP contribution in [-0.4, -0.2) is 27.0 Å². The van der Waals surface area contributed by atoms with Gasteiger partial charge in [-0.15, -0.1) is 0 Å². The van der Waals surface area contributed by atoms with Crippen molar-refractivity contribution in [1.29, 1.82) is 5.26 Å². The number of nitrogens with one attached hydrogen (secondary N) is 1. The summed E-state index contributed by atoms with van der Waals surface area (Å²) in [5.41, 5.74) is 0.614. The Balaban J connectivity index is 2.44. The fraction of sp³-hybridized carbons (Fsp3) is 0.167. The smallest absolute Gasteiger partial charge is 0.311 e. The van der Waals surface area contributed by atoms with Gasteiger partial charge in [-0.2, -0.15) is 10.2 Å². The van der Waals surface area contributed by atoms with Crippen molar-refractivity contribution in [3.05, 3.63) is 40.0 Å². The maximum Gasteiger partial charge on any atom is 0.311 e. The second-order valence-corrected chi connectivity index (χ2v) is 3.96. The molecule has 0 bridgehead atoms. The largest absolute Gasteiger partial charge is 0.492 e. The number of pyridine rings is 1. The van der Waals surface area contributed by atoms with E-state index in [4.69, 9.17) is 10.00 Å². The van der Waals surface area contributed by atoms with Crippen LogP contribution < -0.4 is 10.1 Å². The van der Waals surface area contributed by atoms with E-state index in [0.29, 0.717) is 5.56 Å². The molecule has 0 fully saturated rings. The average molecular weight is 286 g/mol. The third-order valence-corrected chi connectivity index (χ3v) is 2.63. The van der Waals surface area contributed by atoms with Gasteiger partial charge in [-0.1, -0.05) is 0 Å². The summed E-state index contributed by atoms with van der Waals surface area (Å²) >= 11 is 0. The summed E-state index contributed by atoms with van der Waals surface area (Å²) < 4.78 is 4.93. The van der Waals surface area contributed by atoms with Gasteiger partial charge in [0.15, 0.2) is 11.4 Å². The first-order valence-electron chi connectivity index (χ1n) is 5.74. The first kappa shape index (κ1) is 14.1. The van der Waals surface area contributed by atoms with Gasteiger partial charge in [0.05, 0.1) is 18.2 Å². The Morgan fingerprint density at radius 3 is 2.81 bits per heavy atom. The van der Waals surface area contributed by atoms with Gasteiger partial charge in [-0.3, -0.25) is 15.1 Å². The van der Waals surface area contributed by atoms with Crippen molar-refractivity contribution < 1.29 is 9.66 Å². The second-order valence-electron chi connectivity index (χ2n) is 3.96. The van der Waals surface area contributed by atoms with Gasteiger partial charge < -0.3 is 10.1 Å². The van der Waals surface area contributed by atoms with Gasteiger partial charge in [-0.25, -0.2) is 4.98 Å². The topological polar surface area (TPSA) is 127 Å². The molecule has 0 aliphatic rings. The van der Waals surface area contributed by atoms with Crippen LogP contribution in [0.2, 0.25) is 0 Å². The van der Waals surface area contributed by atoms with Crippen LogP contribution in [0.3, 0.4) is 0 Å². The van der Waals surface area contributed by atoms with Crippen LogP contribution in [0.1, 0.15) is 11.3 Å². The van der Waals surface area contributed by atoms with Crippen molar-refractivity contribution in [3.8, 4) is 11.8 Å². The van der Waals surface area contributed by atoms with E-state index in [1.807, 2.05) is 6.07 Å². The molecule has 0 atom stereocenters. The summed E-state index contributed by atoms with van der Waals surface area (Å²) in [6, 6.07) is 1.86. The van der Waals surface area contributed by atoms with Gasteiger partial charge >= 0.3 is 5.69 Å². The molecule has 0 saturated heterocycles. The van der Waals surface area contributed by atoms with Crippen LogP contribution in [0.15, 0.2) is 18.6 Å². The van der Waals surface area contributed by atoms with Crippen molar-refractivity contribution in [2.75, 3.05) is 12.4 Å². The van der Waals surface area contributed by atoms with Gasteiger partial charge in [0.1, 0.15) is 18.0 Å². The minimum atomic E-state index is -0.558. The average Bonchev–Trinajstić information content (AvgIpc) is 2.48. The van der Waals surface area contributed by atoms with Gasteiger partial charge in [0, 0.05) is 6.20 Å². The highest BCUT2D eigenvalue weighted by atomic mass is 16.6. The van der Waals surface area contributed by atoms with Gasteiger partial charge in [-0.05, 0) is 12.5 Å². The third-order valence-electron chi connectivity index (χ3n) is 2.63. The molecule has 106 valence electrons. The van der Waals surface area contributed by atoms with Crippen LogP contribution in [0.4, 0.5) is 17.3 Å². The Morgan fingerprint density at radius 2 is 2.19 bits per heavy atom. The number of aryl methyl sites for hydroxylation is 1.